The molecule has 5 nitrogen and oxygen atoms in total. The Labute approximate surface area is 108 Å². The molecule has 0 atom stereocenters. The van der Waals surface area contributed by atoms with Crippen LogP contribution >= 0.6 is 0 Å². The Kier molecular flexibility index (Phi) is 5.59. The molecule has 0 aromatic carbocycles. The van der Waals surface area contributed by atoms with Crippen molar-refractivity contribution in [1.82, 2.24) is 10.2 Å². The first-order chi connectivity index (χ1) is 8.79. The van der Waals surface area contributed by atoms with Crippen molar-refractivity contribution in [2.45, 2.75) is 37.9 Å². The predicted octanol–water partition coefficient (Wildman–Crippen LogP) is 0.994. The molecule has 0 aromatic heterocycles. The van der Waals surface area contributed by atoms with Gasteiger partial charge in [-0.15, -0.1) is 0 Å². The number of aliphatic carboxylic acids is 1. The summed E-state index contributed by atoms with van der Waals surface area (Å²) in [6.07, 6.45) is -1.16. The number of carbonyl (C=O) groups excluding carboxylic acids is 1. The second-order valence-electron chi connectivity index (χ2n) is 4.57. The van der Waals surface area contributed by atoms with Crippen molar-refractivity contribution in [3.63, 3.8) is 0 Å². The van der Waals surface area contributed by atoms with E-state index < -0.39 is 37.7 Å². The number of carboxylic acids is 1. The lowest BCUT2D eigenvalue weighted by Gasteiger charge is -2.27. The lowest BCUT2D eigenvalue weighted by molar-refractivity contribution is -0.146. The van der Waals surface area contributed by atoms with E-state index in [0.29, 0.717) is 12.8 Å². The number of amides is 1. The van der Waals surface area contributed by atoms with Crippen LogP contribution in [0.2, 0.25) is 0 Å². The summed E-state index contributed by atoms with van der Waals surface area (Å²) in [4.78, 5) is 23.7. The minimum absolute atomic E-state index is 0.170. The number of rotatable bonds is 6. The predicted molar refractivity (Wildman–Crippen MR) is 60.5 cm³/mol. The molecule has 1 amide bonds. The van der Waals surface area contributed by atoms with E-state index in [0.717, 1.165) is 12.8 Å². The summed E-state index contributed by atoms with van der Waals surface area (Å²) in [7, 11) is 0. The molecular formula is C11H17F3N2O3. The number of alkyl halides is 3. The van der Waals surface area contributed by atoms with Crippen LogP contribution in [0.4, 0.5) is 13.2 Å². The Morgan fingerprint density at radius 1 is 1.26 bits per heavy atom. The lowest BCUT2D eigenvalue weighted by Crippen LogP contribution is -2.47. The lowest BCUT2D eigenvalue weighted by atomic mass is 10.2. The molecule has 1 rings (SSSR count). The molecular weight excluding hydrogens is 265 g/mol. The molecule has 0 heterocycles. The van der Waals surface area contributed by atoms with Gasteiger partial charge in [-0.1, -0.05) is 12.8 Å². The molecule has 0 saturated heterocycles. The van der Waals surface area contributed by atoms with Crippen molar-refractivity contribution in [2.24, 2.45) is 0 Å². The maximum atomic E-state index is 11.9. The van der Waals surface area contributed by atoms with Crippen LogP contribution in [0.15, 0.2) is 0 Å². The first-order valence-electron chi connectivity index (χ1n) is 6.08. The fraction of sp³-hybridized carbons (Fsp3) is 0.818. The zero-order valence-electron chi connectivity index (χ0n) is 10.4. The molecule has 1 fully saturated rings. The normalized spacial score (nSPS) is 16.6. The van der Waals surface area contributed by atoms with Gasteiger partial charge in [0, 0.05) is 6.04 Å². The van der Waals surface area contributed by atoms with E-state index in [4.69, 9.17) is 5.11 Å². The van der Waals surface area contributed by atoms with Crippen LogP contribution < -0.4 is 5.32 Å². The van der Waals surface area contributed by atoms with Gasteiger partial charge in [0.05, 0.1) is 13.1 Å². The number of carbonyl (C=O) groups is 2. The number of nitrogens with zero attached hydrogens (tertiary/aromatic N) is 1. The van der Waals surface area contributed by atoms with Crippen molar-refractivity contribution in [3.8, 4) is 0 Å². The van der Waals surface area contributed by atoms with E-state index in [9.17, 15) is 22.8 Å². The Morgan fingerprint density at radius 3 is 2.32 bits per heavy atom. The van der Waals surface area contributed by atoms with Crippen LogP contribution in [0, 0.1) is 0 Å². The Hall–Kier alpha value is -1.31. The van der Waals surface area contributed by atoms with Gasteiger partial charge in [0.1, 0.15) is 6.54 Å². The van der Waals surface area contributed by atoms with Gasteiger partial charge in [-0.05, 0) is 12.8 Å². The van der Waals surface area contributed by atoms with E-state index in [1.807, 2.05) is 5.32 Å². The minimum Gasteiger partial charge on any atom is -0.480 e. The third kappa shape index (κ3) is 5.91. The standard InChI is InChI=1S/C11H17F3N2O3/c12-11(13,14)7-15-5-9(17)16(6-10(18)19)8-3-1-2-4-8/h8,15H,1-7H2,(H,18,19). The summed E-state index contributed by atoms with van der Waals surface area (Å²) in [5, 5.41) is 10.7. The Balaban J connectivity index is 2.49. The second kappa shape index (κ2) is 6.74. The van der Waals surface area contributed by atoms with Crippen LogP contribution in [0.3, 0.4) is 0 Å². The number of carboxylic acid groups (broad SMARTS) is 1. The largest absolute Gasteiger partial charge is 0.480 e. The number of halogens is 3. The van der Waals surface area contributed by atoms with E-state index in [1.165, 1.54) is 4.90 Å². The van der Waals surface area contributed by atoms with E-state index >= 15 is 0 Å². The molecule has 0 unspecified atom stereocenters. The molecule has 0 aliphatic heterocycles. The Bertz CT molecular complexity index is 328. The van der Waals surface area contributed by atoms with Crippen LogP contribution in [0.5, 0.6) is 0 Å². The van der Waals surface area contributed by atoms with Gasteiger partial charge in [-0.2, -0.15) is 13.2 Å². The molecule has 0 spiro atoms. The number of hydrogen-bond acceptors (Lipinski definition) is 3. The van der Waals surface area contributed by atoms with Gasteiger partial charge < -0.3 is 15.3 Å². The molecule has 0 aromatic rings. The zero-order valence-corrected chi connectivity index (χ0v) is 10.4. The smallest absolute Gasteiger partial charge is 0.401 e. The topological polar surface area (TPSA) is 69.6 Å². The monoisotopic (exact) mass is 282 g/mol. The summed E-state index contributed by atoms with van der Waals surface area (Å²) < 4.78 is 35.8. The van der Waals surface area contributed by atoms with Gasteiger partial charge in [-0.25, -0.2) is 0 Å². The molecule has 2 N–H and O–H groups in total. The highest BCUT2D eigenvalue weighted by Crippen LogP contribution is 2.23. The summed E-state index contributed by atoms with van der Waals surface area (Å²) >= 11 is 0. The maximum Gasteiger partial charge on any atom is 0.401 e. The molecule has 1 saturated carbocycles. The Morgan fingerprint density at radius 2 is 1.84 bits per heavy atom. The van der Waals surface area contributed by atoms with Crippen LogP contribution in [-0.2, 0) is 9.59 Å². The second-order valence-corrected chi connectivity index (χ2v) is 4.57. The molecule has 0 bridgehead atoms. The molecule has 1 aliphatic carbocycles. The highest BCUT2D eigenvalue weighted by Gasteiger charge is 2.30. The SMILES string of the molecule is O=C(O)CN(C(=O)CNCC(F)(F)F)C1CCCC1. The van der Waals surface area contributed by atoms with E-state index in [-0.39, 0.29) is 6.04 Å². The molecule has 8 heteroatoms. The van der Waals surface area contributed by atoms with E-state index in [2.05, 4.69) is 0 Å². The summed E-state index contributed by atoms with van der Waals surface area (Å²) in [5.74, 6) is -1.75. The van der Waals surface area contributed by atoms with Crippen LogP contribution in [0.25, 0.3) is 0 Å². The fourth-order valence-corrected chi connectivity index (χ4v) is 2.20. The highest BCUT2D eigenvalue weighted by atomic mass is 19.4. The molecule has 110 valence electrons. The first kappa shape index (κ1) is 15.7. The number of nitrogens with one attached hydrogen (secondary N) is 1. The average Bonchev–Trinajstić information content (AvgIpc) is 2.76. The third-order valence-electron chi connectivity index (χ3n) is 2.99. The fourth-order valence-electron chi connectivity index (χ4n) is 2.20. The van der Waals surface area contributed by atoms with Gasteiger partial charge in [0.15, 0.2) is 0 Å². The van der Waals surface area contributed by atoms with Gasteiger partial charge in [-0.3, -0.25) is 9.59 Å². The minimum atomic E-state index is -4.38. The van der Waals surface area contributed by atoms with Crippen molar-refractivity contribution < 1.29 is 27.9 Å². The third-order valence-corrected chi connectivity index (χ3v) is 2.99. The van der Waals surface area contributed by atoms with Crippen molar-refractivity contribution in [3.05, 3.63) is 0 Å². The van der Waals surface area contributed by atoms with Crippen LogP contribution in [-0.4, -0.2) is 53.7 Å². The van der Waals surface area contributed by atoms with Gasteiger partial charge >= 0.3 is 12.1 Å². The average molecular weight is 282 g/mol. The van der Waals surface area contributed by atoms with Gasteiger partial charge in [0.25, 0.3) is 0 Å². The van der Waals surface area contributed by atoms with Crippen LogP contribution in [0.1, 0.15) is 25.7 Å². The van der Waals surface area contributed by atoms with Crippen molar-refractivity contribution in [2.75, 3.05) is 19.6 Å². The number of hydrogen-bond donors (Lipinski definition) is 2. The van der Waals surface area contributed by atoms with E-state index in [1.54, 1.807) is 0 Å². The first-order valence-corrected chi connectivity index (χ1v) is 6.08. The quantitative estimate of drug-likeness (QED) is 0.762. The maximum absolute atomic E-state index is 11.9. The van der Waals surface area contributed by atoms with Gasteiger partial charge in [0.2, 0.25) is 5.91 Å². The molecule has 19 heavy (non-hydrogen) atoms. The zero-order chi connectivity index (χ0) is 14.5. The molecule has 1 aliphatic rings. The molecule has 0 radical (unpaired) electrons. The summed E-state index contributed by atoms with van der Waals surface area (Å²) in [6.45, 7) is -2.22. The summed E-state index contributed by atoms with van der Waals surface area (Å²) in [6, 6.07) is -0.170. The highest BCUT2D eigenvalue weighted by molar-refractivity contribution is 5.83. The van der Waals surface area contributed by atoms with Crippen molar-refractivity contribution >= 4 is 11.9 Å². The summed E-state index contributed by atoms with van der Waals surface area (Å²) in [5.41, 5.74) is 0. The van der Waals surface area contributed by atoms with Crippen molar-refractivity contribution in [1.29, 1.82) is 0 Å².